The van der Waals surface area contributed by atoms with E-state index in [0.29, 0.717) is 23.1 Å². The lowest BCUT2D eigenvalue weighted by atomic mass is 10.2. The minimum absolute atomic E-state index is 0.0345. The molecule has 2 rings (SSSR count). The summed E-state index contributed by atoms with van der Waals surface area (Å²) in [6, 6.07) is 10.7. The zero-order valence-corrected chi connectivity index (χ0v) is 12.2. The maximum atomic E-state index is 11.9. The number of rotatable bonds is 6. The number of furan rings is 1. The number of hydrogen-bond donors (Lipinski definition) is 1. The van der Waals surface area contributed by atoms with E-state index in [9.17, 15) is 9.00 Å². The van der Waals surface area contributed by atoms with Crippen molar-refractivity contribution in [1.82, 2.24) is 5.32 Å². The van der Waals surface area contributed by atoms with Crippen molar-refractivity contribution in [2.45, 2.75) is 12.3 Å². The van der Waals surface area contributed by atoms with E-state index in [-0.39, 0.29) is 11.7 Å². The first-order valence-electron chi connectivity index (χ1n) is 6.02. The first-order chi connectivity index (χ1) is 9.63. The number of carbonyl (C=O) groups excluding carboxylic acids is 1. The Bertz CT molecular complexity index is 598. The summed E-state index contributed by atoms with van der Waals surface area (Å²) in [7, 11) is -1.26. The molecule has 1 N–H and O–H groups in total. The Morgan fingerprint density at radius 2 is 2.15 bits per heavy atom. The van der Waals surface area contributed by atoms with Crippen molar-refractivity contribution in [2.75, 3.05) is 5.75 Å². The van der Waals surface area contributed by atoms with Crippen molar-refractivity contribution in [3.8, 4) is 0 Å². The second-order valence-corrected chi connectivity index (χ2v) is 6.11. The minimum atomic E-state index is -1.26. The van der Waals surface area contributed by atoms with Gasteiger partial charge in [-0.2, -0.15) is 0 Å². The molecule has 2 aromatic rings. The van der Waals surface area contributed by atoms with Crippen LogP contribution in [0.15, 0.2) is 47.1 Å². The van der Waals surface area contributed by atoms with Crippen LogP contribution in [0.3, 0.4) is 0 Å². The molecule has 0 saturated carbocycles. The lowest BCUT2D eigenvalue weighted by molar-refractivity contribution is -0.118. The van der Waals surface area contributed by atoms with E-state index in [4.69, 9.17) is 16.0 Å². The van der Waals surface area contributed by atoms with Gasteiger partial charge in [0.1, 0.15) is 11.5 Å². The smallest absolute Gasteiger partial charge is 0.233 e. The van der Waals surface area contributed by atoms with Gasteiger partial charge in [0.05, 0.1) is 12.8 Å². The number of benzene rings is 1. The molecule has 1 aromatic heterocycles. The first kappa shape index (κ1) is 14.8. The van der Waals surface area contributed by atoms with E-state index < -0.39 is 10.8 Å². The van der Waals surface area contributed by atoms with Crippen LogP contribution in [0.5, 0.6) is 0 Å². The summed E-state index contributed by atoms with van der Waals surface area (Å²) < 4.78 is 17.0. The highest BCUT2D eigenvalue weighted by Crippen LogP contribution is 2.12. The largest absolute Gasteiger partial charge is 0.467 e. The van der Waals surface area contributed by atoms with E-state index in [1.54, 1.807) is 36.6 Å². The van der Waals surface area contributed by atoms with E-state index in [0.717, 1.165) is 5.56 Å². The molecule has 1 amide bonds. The summed E-state index contributed by atoms with van der Waals surface area (Å²) in [6.45, 7) is 0.306. The van der Waals surface area contributed by atoms with Gasteiger partial charge in [-0.15, -0.1) is 0 Å². The van der Waals surface area contributed by atoms with Gasteiger partial charge in [-0.05, 0) is 29.8 Å². The van der Waals surface area contributed by atoms with Crippen LogP contribution in [0.4, 0.5) is 0 Å². The molecule has 0 radical (unpaired) electrons. The molecule has 0 aliphatic rings. The van der Waals surface area contributed by atoms with E-state index in [2.05, 4.69) is 5.32 Å². The highest BCUT2D eigenvalue weighted by molar-refractivity contribution is 7.84. The van der Waals surface area contributed by atoms with Gasteiger partial charge in [0.25, 0.3) is 0 Å². The number of amides is 1. The van der Waals surface area contributed by atoms with Crippen LogP contribution in [0, 0.1) is 0 Å². The van der Waals surface area contributed by atoms with Gasteiger partial charge in [-0.3, -0.25) is 9.00 Å². The Labute approximate surface area is 124 Å². The molecule has 0 bridgehead atoms. The van der Waals surface area contributed by atoms with Crippen LogP contribution in [-0.2, 0) is 27.9 Å². The highest BCUT2D eigenvalue weighted by atomic mass is 35.5. The summed E-state index contributed by atoms with van der Waals surface area (Å²) in [5, 5.41) is 3.26. The summed E-state index contributed by atoms with van der Waals surface area (Å²) >= 11 is 5.85. The Balaban J connectivity index is 1.77. The quantitative estimate of drug-likeness (QED) is 0.891. The Morgan fingerprint density at radius 3 is 2.85 bits per heavy atom. The van der Waals surface area contributed by atoms with Crippen LogP contribution in [0.2, 0.25) is 5.02 Å². The van der Waals surface area contributed by atoms with Crippen molar-refractivity contribution < 1.29 is 13.4 Å². The number of halogens is 1. The molecule has 0 aliphatic heterocycles. The lowest BCUT2D eigenvalue weighted by Crippen LogP contribution is -2.28. The molecule has 0 unspecified atom stereocenters. The van der Waals surface area contributed by atoms with Gasteiger partial charge in [0.15, 0.2) is 0 Å². The zero-order chi connectivity index (χ0) is 14.4. The molecule has 1 atom stereocenters. The van der Waals surface area contributed by atoms with Crippen LogP contribution in [0.25, 0.3) is 0 Å². The molecule has 0 saturated heterocycles. The molecule has 20 heavy (non-hydrogen) atoms. The second kappa shape index (κ2) is 7.26. The predicted octanol–water partition coefficient (Wildman–Crippen LogP) is 2.50. The fourth-order valence-electron chi connectivity index (χ4n) is 1.66. The molecule has 106 valence electrons. The third-order valence-corrected chi connectivity index (χ3v) is 4.02. The Kier molecular flexibility index (Phi) is 5.38. The molecule has 0 spiro atoms. The second-order valence-electron chi connectivity index (χ2n) is 4.21. The van der Waals surface area contributed by atoms with Crippen molar-refractivity contribution in [1.29, 1.82) is 0 Å². The van der Waals surface area contributed by atoms with E-state index >= 15 is 0 Å². The van der Waals surface area contributed by atoms with Gasteiger partial charge in [-0.1, -0.05) is 23.7 Å². The number of hydrogen-bond acceptors (Lipinski definition) is 3. The highest BCUT2D eigenvalue weighted by Gasteiger charge is 2.09. The predicted molar refractivity (Wildman–Crippen MR) is 78.7 cm³/mol. The summed E-state index contributed by atoms with van der Waals surface area (Å²) in [4.78, 5) is 11.6. The van der Waals surface area contributed by atoms with Crippen molar-refractivity contribution in [3.05, 3.63) is 59.0 Å². The first-order valence-corrected chi connectivity index (χ1v) is 7.88. The SMILES string of the molecule is O=C(C[S@@](=O)Cc1cccc(Cl)c1)NCc1ccco1. The topological polar surface area (TPSA) is 59.3 Å². The Hall–Kier alpha value is -1.59. The maximum Gasteiger partial charge on any atom is 0.233 e. The summed E-state index contributed by atoms with van der Waals surface area (Å²) in [5.41, 5.74) is 0.856. The van der Waals surface area contributed by atoms with Crippen molar-refractivity contribution in [2.24, 2.45) is 0 Å². The third-order valence-electron chi connectivity index (χ3n) is 2.55. The minimum Gasteiger partial charge on any atom is -0.467 e. The Morgan fingerprint density at radius 1 is 1.30 bits per heavy atom. The fraction of sp³-hybridized carbons (Fsp3) is 0.214. The molecule has 0 fully saturated rings. The third kappa shape index (κ3) is 4.83. The van der Waals surface area contributed by atoms with Crippen molar-refractivity contribution >= 4 is 28.3 Å². The molecular formula is C14H14ClNO3S. The summed E-state index contributed by atoms with van der Waals surface area (Å²) in [6.07, 6.45) is 1.54. The van der Waals surface area contributed by atoms with Gasteiger partial charge >= 0.3 is 0 Å². The molecule has 1 aromatic carbocycles. The molecular weight excluding hydrogens is 298 g/mol. The van der Waals surface area contributed by atoms with Crippen LogP contribution >= 0.6 is 11.6 Å². The van der Waals surface area contributed by atoms with Crippen LogP contribution < -0.4 is 5.32 Å². The zero-order valence-electron chi connectivity index (χ0n) is 10.7. The average molecular weight is 312 g/mol. The van der Waals surface area contributed by atoms with Gasteiger partial charge in [0, 0.05) is 21.6 Å². The van der Waals surface area contributed by atoms with Crippen molar-refractivity contribution in [3.63, 3.8) is 0 Å². The van der Waals surface area contributed by atoms with Gasteiger partial charge in [0.2, 0.25) is 5.91 Å². The van der Waals surface area contributed by atoms with Gasteiger partial charge in [-0.25, -0.2) is 0 Å². The molecule has 4 nitrogen and oxygen atoms in total. The number of carbonyl (C=O) groups is 1. The van der Waals surface area contributed by atoms with E-state index in [1.165, 1.54) is 0 Å². The monoisotopic (exact) mass is 311 g/mol. The maximum absolute atomic E-state index is 11.9. The molecule has 0 aliphatic carbocycles. The number of nitrogens with one attached hydrogen (secondary N) is 1. The average Bonchev–Trinajstić information content (AvgIpc) is 2.89. The normalized spacial score (nSPS) is 12.1. The van der Waals surface area contributed by atoms with Crippen LogP contribution in [-0.4, -0.2) is 15.9 Å². The van der Waals surface area contributed by atoms with E-state index in [1.807, 2.05) is 6.07 Å². The standard InChI is InChI=1S/C14H14ClNO3S/c15-12-4-1-3-11(7-12)9-20(18)10-14(17)16-8-13-5-2-6-19-13/h1-7H,8-10H2,(H,16,17)/t20-/m0/s1. The summed E-state index contributed by atoms with van der Waals surface area (Å²) in [5.74, 6) is 0.683. The van der Waals surface area contributed by atoms with Gasteiger partial charge < -0.3 is 9.73 Å². The molecule has 6 heteroatoms. The van der Waals surface area contributed by atoms with Crippen LogP contribution in [0.1, 0.15) is 11.3 Å². The molecule has 1 heterocycles. The fourth-order valence-corrected chi connectivity index (χ4v) is 2.92. The lowest BCUT2D eigenvalue weighted by Gasteiger charge is -2.04.